The van der Waals surface area contributed by atoms with Gasteiger partial charge < -0.3 is 10.6 Å². The van der Waals surface area contributed by atoms with Gasteiger partial charge in [-0.1, -0.05) is 12.1 Å². The van der Waals surface area contributed by atoms with Crippen LogP contribution in [0.4, 0.5) is 5.00 Å². The predicted octanol–water partition coefficient (Wildman–Crippen LogP) is 2.84. The fourth-order valence-electron chi connectivity index (χ4n) is 1.92. The number of hydrogen-bond acceptors (Lipinski definition) is 4. The van der Waals surface area contributed by atoms with Crippen LogP contribution in [0, 0.1) is 5.41 Å². The van der Waals surface area contributed by atoms with Crippen LogP contribution in [0.5, 0.6) is 0 Å². The van der Waals surface area contributed by atoms with Crippen LogP contribution in [0.15, 0.2) is 24.3 Å². The number of benzene rings is 1. The SMILES string of the molecule is CC(C)N(CCC(=N)N)c1snc2ccccc12. The van der Waals surface area contributed by atoms with Gasteiger partial charge in [-0.05, 0) is 37.5 Å². The van der Waals surface area contributed by atoms with Gasteiger partial charge in [0.15, 0.2) is 0 Å². The predicted molar refractivity (Wildman–Crippen MR) is 78.6 cm³/mol. The van der Waals surface area contributed by atoms with Gasteiger partial charge in [0.05, 0.1) is 11.4 Å². The molecule has 0 saturated carbocycles. The normalized spacial score (nSPS) is 11.1. The monoisotopic (exact) mass is 262 g/mol. The molecule has 96 valence electrons. The van der Waals surface area contributed by atoms with Crippen LogP contribution >= 0.6 is 11.5 Å². The Morgan fingerprint density at radius 1 is 1.44 bits per heavy atom. The van der Waals surface area contributed by atoms with Crippen molar-refractivity contribution < 1.29 is 0 Å². The van der Waals surface area contributed by atoms with Gasteiger partial charge in [-0.25, -0.2) is 0 Å². The summed E-state index contributed by atoms with van der Waals surface area (Å²) < 4.78 is 4.46. The van der Waals surface area contributed by atoms with Crippen molar-refractivity contribution in [2.75, 3.05) is 11.4 Å². The van der Waals surface area contributed by atoms with Gasteiger partial charge in [0, 0.05) is 24.4 Å². The molecule has 3 N–H and O–H groups in total. The summed E-state index contributed by atoms with van der Waals surface area (Å²) in [4.78, 5) is 2.27. The molecule has 0 saturated heterocycles. The molecular weight excluding hydrogens is 244 g/mol. The van der Waals surface area contributed by atoms with E-state index < -0.39 is 0 Å². The first-order chi connectivity index (χ1) is 8.59. The van der Waals surface area contributed by atoms with Gasteiger partial charge in [-0.2, -0.15) is 4.37 Å². The molecule has 18 heavy (non-hydrogen) atoms. The molecule has 0 aliphatic rings. The van der Waals surface area contributed by atoms with Crippen molar-refractivity contribution in [1.29, 1.82) is 5.41 Å². The van der Waals surface area contributed by atoms with Crippen LogP contribution in [0.2, 0.25) is 0 Å². The van der Waals surface area contributed by atoms with E-state index in [-0.39, 0.29) is 5.84 Å². The summed E-state index contributed by atoms with van der Waals surface area (Å²) in [6.45, 7) is 5.06. The Morgan fingerprint density at radius 3 is 2.83 bits per heavy atom. The topological polar surface area (TPSA) is 66.0 Å². The van der Waals surface area contributed by atoms with E-state index in [4.69, 9.17) is 11.1 Å². The molecule has 0 atom stereocenters. The Bertz CT molecular complexity index is 547. The third-order valence-corrected chi connectivity index (χ3v) is 3.79. The summed E-state index contributed by atoms with van der Waals surface area (Å²) in [6, 6.07) is 8.52. The molecule has 0 bridgehead atoms. The Kier molecular flexibility index (Phi) is 3.81. The van der Waals surface area contributed by atoms with Gasteiger partial charge >= 0.3 is 0 Å². The lowest BCUT2D eigenvalue weighted by molar-refractivity contribution is 0.696. The first-order valence-electron chi connectivity index (χ1n) is 6.03. The van der Waals surface area contributed by atoms with E-state index in [0.717, 1.165) is 12.1 Å². The van der Waals surface area contributed by atoms with E-state index in [2.05, 4.69) is 29.2 Å². The zero-order valence-corrected chi connectivity index (χ0v) is 11.5. The van der Waals surface area contributed by atoms with E-state index in [9.17, 15) is 0 Å². The summed E-state index contributed by atoms with van der Waals surface area (Å²) in [5.74, 6) is 0.231. The summed E-state index contributed by atoms with van der Waals surface area (Å²) in [6.07, 6.45) is 0.588. The molecule has 4 nitrogen and oxygen atoms in total. The zero-order chi connectivity index (χ0) is 13.1. The Hall–Kier alpha value is -1.62. The zero-order valence-electron chi connectivity index (χ0n) is 10.7. The molecule has 0 aliphatic carbocycles. The lowest BCUT2D eigenvalue weighted by Gasteiger charge is -2.27. The third kappa shape index (κ3) is 2.61. The van der Waals surface area contributed by atoms with Gasteiger partial charge in [0.2, 0.25) is 0 Å². The smallest absolute Gasteiger partial charge is 0.120 e. The van der Waals surface area contributed by atoms with E-state index in [0.29, 0.717) is 12.5 Å². The van der Waals surface area contributed by atoms with Crippen LogP contribution in [0.25, 0.3) is 10.9 Å². The van der Waals surface area contributed by atoms with Crippen molar-refractivity contribution in [2.45, 2.75) is 26.3 Å². The largest absolute Gasteiger partial charge is 0.388 e. The third-order valence-electron chi connectivity index (χ3n) is 2.87. The van der Waals surface area contributed by atoms with Crippen LogP contribution in [-0.4, -0.2) is 22.8 Å². The Labute approximate surface area is 111 Å². The highest BCUT2D eigenvalue weighted by atomic mass is 32.1. The summed E-state index contributed by atoms with van der Waals surface area (Å²) >= 11 is 1.52. The van der Waals surface area contributed by atoms with E-state index in [1.165, 1.54) is 21.9 Å². The van der Waals surface area contributed by atoms with Gasteiger partial charge in [-0.3, -0.25) is 5.41 Å². The van der Waals surface area contributed by atoms with Crippen molar-refractivity contribution in [2.24, 2.45) is 5.73 Å². The number of aromatic nitrogens is 1. The first-order valence-corrected chi connectivity index (χ1v) is 6.81. The number of nitrogens with one attached hydrogen (secondary N) is 1. The van der Waals surface area contributed by atoms with E-state index >= 15 is 0 Å². The summed E-state index contributed by atoms with van der Waals surface area (Å²) in [5.41, 5.74) is 6.48. The van der Waals surface area contributed by atoms with Crippen molar-refractivity contribution in [3.8, 4) is 0 Å². The lowest BCUT2D eigenvalue weighted by atomic mass is 10.2. The minimum atomic E-state index is 0.231. The maximum atomic E-state index is 7.36. The number of amidine groups is 1. The number of hydrogen-bond donors (Lipinski definition) is 2. The highest BCUT2D eigenvalue weighted by Gasteiger charge is 2.16. The van der Waals surface area contributed by atoms with E-state index in [1.807, 2.05) is 18.2 Å². The highest BCUT2D eigenvalue weighted by Crippen LogP contribution is 2.32. The van der Waals surface area contributed by atoms with Crippen LogP contribution in [-0.2, 0) is 0 Å². The van der Waals surface area contributed by atoms with Crippen molar-refractivity contribution in [3.63, 3.8) is 0 Å². The van der Waals surface area contributed by atoms with Crippen molar-refractivity contribution in [1.82, 2.24) is 4.37 Å². The standard InChI is InChI=1S/C13H18N4S/c1-9(2)17(8-7-12(14)15)13-10-5-3-4-6-11(10)16-18-13/h3-6,9H,7-8H2,1-2H3,(H3,14,15). The van der Waals surface area contributed by atoms with Gasteiger partial charge in [-0.15, -0.1) is 0 Å². The number of nitrogens with two attached hydrogens (primary N) is 1. The molecule has 0 spiro atoms. The molecule has 2 aromatic rings. The average Bonchev–Trinajstić information content (AvgIpc) is 2.73. The summed E-state index contributed by atoms with van der Waals surface area (Å²) in [7, 11) is 0. The quantitative estimate of drug-likeness (QED) is 0.643. The first kappa shape index (κ1) is 12.8. The second-order valence-electron chi connectivity index (χ2n) is 4.57. The maximum Gasteiger partial charge on any atom is 0.120 e. The van der Waals surface area contributed by atoms with Crippen molar-refractivity contribution >= 4 is 33.3 Å². The molecule has 1 heterocycles. The molecule has 1 aromatic heterocycles. The van der Waals surface area contributed by atoms with Gasteiger partial charge in [0.1, 0.15) is 5.00 Å². The van der Waals surface area contributed by atoms with Gasteiger partial charge in [0.25, 0.3) is 0 Å². The molecule has 5 heteroatoms. The highest BCUT2D eigenvalue weighted by molar-refractivity contribution is 7.11. The molecule has 0 aliphatic heterocycles. The molecule has 0 amide bonds. The minimum Gasteiger partial charge on any atom is -0.388 e. The fraction of sp³-hybridized carbons (Fsp3) is 0.385. The number of nitrogens with zero attached hydrogens (tertiary/aromatic N) is 2. The Morgan fingerprint density at radius 2 is 2.17 bits per heavy atom. The lowest BCUT2D eigenvalue weighted by Crippen LogP contribution is -2.33. The van der Waals surface area contributed by atoms with E-state index in [1.54, 1.807) is 0 Å². The van der Waals surface area contributed by atoms with Crippen LogP contribution < -0.4 is 10.6 Å². The molecule has 2 rings (SSSR count). The second kappa shape index (κ2) is 5.35. The van der Waals surface area contributed by atoms with Crippen LogP contribution in [0.1, 0.15) is 20.3 Å². The molecule has 1 aromatic carbocycles. The number of fused-ring (bicyclic) bond motifs is 1. The molecule has 0 unspecified atom stereocenters. The minimum absolute atomic E-state index is 0.231. The molecule has 0 radical (unpaired) electrons. The maximum absolute atomic E-state index is 7.36. The van der Waals surface area contributed by atoms with Crippen LogP contribution in [0.3, 0.4) is 0 Å². The average molecular weight is 262 g/mol. The van der Waals surface area contributed by atoms with Crippen molar-refractivity contribution in [3.05, 3.63) is 24.3 Å². The molecule has 0 fully saturated rings. The second-order valence-corrected chi connectivity index (χ2v) is 5.32. The Balaban J connectivity index is 2.33. The number of anilines is 1. The summed E-state index contributed by atoms with van der Waals surface area (Å²) in [5, 5.41) is 9.70. The number of rotatable bonds is 5. The fourth-order valence-corrected chi connectivity index (χ4v) is 2.94. The molecular formula is C13H18N4S.